The number of rotatable bonds is 6. The van der Waals surface area contributed by atoms with Crippen LogP contribution in [0.3, 0.4) is 0 Å². The molecule has 0 aliphatic rings. The maximum Gasteiger partial charge on any atom is 0.320 e. The Morgan fingerprint density at radius 1 is 1.62 bits per heavy atom. The quantitative estimate of drug-likeness (QED) is 0.341. The van der Waals surface area contributed by atoms with Crippen molar-refractivity contribution in [1.82, 2.24) is 6.15 Å². The summed E-state index contributed by atoms with van der Waals surface area (Å²) in [6.07, 6.45) is 0.172. The van der Waals surface area contributed by atoms with Crippen molar-refractivity contribution in [3.8, 4) is 0 Å². The number of hydrogen-bond acceptors (Lipinski definition) is 6. The van der Waals surface area contributed by atoms with Crippen LogP contribution in [-0.2, 0) is 13.9 Å². The van der Waals surface area contributed by atoms with E-state index >= 15 is 0 Å². The van der Waals surface area contributed by atoms with Gasteiger partial charge in [0.05, 0.1) is 0 Å². The largest absolute Gasteiger partial charge is 0.480 e. The Labute approximate surface area is 76.3 Å². The first-order chi connectivity index (χ1) is 5.57. The Bertz CT molecular complexity index is 176. The van der Waals surface area contributed by atoms with E-state index in [0.29, 0.717) is 0 Å². The number of aliphatic hydroxyl groups excluding tert-OH is 1. The van der Waals surface area contributed by atoms with Crippen LogP contribution >= 0.6 is 8.03 Å². The minimum absolute atomic E-state index is 0. The molecule has 0 aliphatic carbocycles. The molecule has 2 unspecified atom stereocenters. The van der Waals surface area contributed by atoms with Gasteiger partial charge in [-0.05, 0) is 6.42 Å². The first kappa shape index (κ1) is 15.0. The summed E-state index contributed by atoms with van der Waals surface area (Å²) in [4.78, 5) is 10.2. The molecular formula is C5H15N2O5P. The average molecular weight is 214 g/mol. The summed E-state index contributed by atoms with van der Waals surface area (Å²) in [6, 6.07) is -1.01. The third-order valence-electron chi connectivity index (χ3n) is 1.20. The molecule has 0 aromatic heterocycles. The van der Waals surface area contributed by atoms with Crippen molar-refractivity contribution in [3.05, 3.63) is 0 Å². The normalized spacial score (nSPS) is 14.3. The fourth-order valence-electron chi connectivity index (χ4n) is 0.541. The zero-order chi connectivity index (χ0) is 9.56. The summed E-state index contributed by atoms with van der Waals surface area (Å²) in [5.74, 6) is -1.13. The molecule has 13 heavy (non-hydrogen) atoms. The monoisotopic (exact) mass is 214 g/mol. The lowest BCUT2D eigenvalue weighted by Crippen LogP contribution is -2.30. The van der Waals surface area contributed by atoms with Crippen LogP contribution in [0.15, 0.2) is 0 Å². The lowest BCUT2D eigenvalue weighted by molar-refractivity contribution is -0.138. The number of nitrogens with two attached hydrogens (primary N) is 1. The van der Waals surface area contributed by atoms with Gasteiger partial charge in [-0.15, -0.1) is 0 Å². The van der Waals surface area contributed by atoms with Gasteiger partial charge in [0.1, 0.15) is 12.8 Å². The van der Waals surface area contributed by atoms with Crippen LogP contribution in [0.4, 0.5) is 0 Å². The van der Waals surface area contributed by atoms with Gasteiger partial charge in [0, 0.05) is 6.16 Å². The lowest BCUT2D eigenvalue weighted by Gasteiger charge is -2.04. The van der Waals surface area contributed by atoms with Gasteiger partial charge in [-0.1, -0.05) is 0 Å². The van der Waals surface area contributed by atoms with Gasteiger partial charge < -0.3 is 26.6 Å². The van der Waals surface area contributed by atoms with Crippen molar-refractivity contribution in [2.45, 2.75) is 12.5 Å². The topological polar surface area (TPSA) is 145 Å². The SMILES string of the molecule is N.NC(CC[PH](=O)OCO)C(=O)O. The van der Waals surface area contributed by atoms with Crippen LogP contribution < -0.4 is 11.9 Å². The molecule has 0 amide bonds. The van der Waals surface area contributed by atoms with Crippen molar-refractivity contribution in [2.24, 2.45) is 5.73 Å². The molecule has 0 fully saturated rings. The van der Waals surface area contributed by atoms with Crippen molar-refractivity contribution in [2.75, 3.05) is 13.0 Å². The standard InChI is InChI=1S/C5H12NO5P.H3N/c6-4(5(8)9)1-2-12(10)11-3-7;/h4,7,12H,1-3,6H2,(H,8,9);1H3. The number of carboxylic acids is 1. The molecule has 0 saturated heterocycles. The van der Waals surface area contributed by atoms with Gasteiger partial charge in [0.25, 0.3) is 0 Å². The Balaban J connectivity index is 0. The highest BCUT2D eigenvalue weighted by atomic mass is 31.1. The van der Waals surface area contributed by atoms with Gasteiger partial charge in [0.15, 0.2) is 8.03 Å². The van der Waals surface area contributed by atoms with Crippen molar-refractivity contribution >= 4 is 14.0 Å². The summed E-state index contributed by atoms with van der Waals surface area (Å²) < 4.78 is 15.0. The number of hydrogen-bond donors (Lipinski definition) is 4. The first-order valence-corrected chi connectivity index (χ1v) is 4.85. The zero-order valence-corrected chi connectivity index (χ0v) is 8.10. The minimum atomic E-state index is -2.31. The second kappa shape index (κ2) is 8.15. The molecule has 7 N–H and O–H groups in total. The van der Waals surface area contributed by atoms with E-state index in [-0.39, 0.29) is 18.7 Å². The molecule has 0 aliphatic heterocycles. The second-order valence-electron chi connectivity index (χ2n) is 2.13. The smallest absolute Gasteiger partial charge is 0.320 e. The Hall–Kier alpha value is -0.460. The van der Waals surface area contributed by atoms with Gasteiger partial charge in [-0.2, -0.15) is 0 Å². The first-order valence-electron chi connectivity index (χ1n) is 3.32. The fraction of sp³-hybridized carbons (Fsp3) is 0.800. The van der Waals surface area contributed by atoms with Crippen LogP contribution in [0.2, 0.25) is 0 Å². The van der Waals surface area contributed by atoms with E-state index in [0.717, 1.165) is 0 Å². The third kappa shape index (κ3) is 7.89. The van der Waals surface area contributed by atoms with E-state index in [4.69, 9.17) is 15.9 Å². The Kier molecular flexibility index (Phi) is 9.43. The molecule has 0 heterocycles. The van der Waals surface area contributed by atoms with Crippen LogP contribution in [-0.4, -0.2) is 35.2 Å². The van der Waals surface area contributed by atoms with E-state index < -0.39 is 26.8 Å². The summed E-state index contributed by atoms with van der Waals surface area (Å²) in [7, 11) is -2.31. The van der Waals surface area contributed by atoms with E-state index in [2.05, 4.69) is 4.52 Å². The maximum atomic E-state index is 10.7. The predicted molar refractivity (Wildman–Crippen MR) is 47.3 cm³/mol. The summed E-state index contributed by atoms with van der Waals surface area (Å²) in [5, 5.41) is 16.5. The van der Waals surface area contributed by atoms with Crippen LogP contribution in [0.1, 0.15) is 6.42 Å². The van der Waals surface area contributed by atoms with E-state index in [1.807, 2.05) is 0 Å². The minimum Gasteiger partial charge on any atom is -0.480 e. The molecule has 0 saturated carbocycles. The van der Waals surface area contributed by atoms with Crippen molar-refractivity contribution in [1.29, 1.82) is 0 Å². The highest BCUT2D eigenvalue weighted by molar-refractivity contribution is 7.39. The van der Waals surface area contributed by atoms with Crippen LogP contribution in [0.5, 0.6) is 0 Å². The zero-order valence-electron chi connectivity index (χ0n) is 7.10. The van der Waals surface area contributed by atoms with Crippen molar-refractivity contribution in [3.63, 3.8) is 0 Å². The van der Waals surface area contributed by atoms with Gasteiger partial charge in [-0.25, -0.2) is 0 Å². The maximum absolute atomic E-state index is 10.7. The second-order valence-corrected chi connectivity index (χ2v) is 3.66. The predicted octanol–water partition coefficient (Wildman–Crippen LogP) is -0.609. The molecule has 0 rings (SSSR count). The molecule has 7 nitrogen and oxygen atoms in total. The number of carboxylic acid groups (broad SMARTS) is 1. The summed E-state index contributed by atoms with van der Waals surface area (Å²) >= 11 is 0. The summed E-state index contributed by atoms with van der Waals surface area (Å²) in [5.41, 5.74) is 5.12. The van der Waals surface area contributed by atoms with Gasteiger partial charge in [0.2, 0.25) is 0 Å². The number of aliphatic hydroxyl groups is 1. The number of aliphatic carboxylic acids is 1. The lowest BCUT2D eigenvalue weighted by atomic mass is 10.2. The summed E-state index contributed by atoms with van der Waals surface area (Å²) in [6.45, 7) is -0.611. The molecule has 0 spiro atoms. The van der Waals surface area contributed by atoms with Crippen molar-refractivity contribution < 1.29 is 24.1 Å². The van der Waals surface area contributed by atoms with Crippen LogP contribution in [0.25, 0.3) is 0 Å². The molecule has 0 radical (unpaired) electrons. The van der Waals surface area contributed by atoms with E-state index in [1.54, 1.807) is 0 Å². The average Bonchev–Trinajstić information content (AvgIpc) is 2.00. The fourth-order valence-corrected chi connectivity index (χ4v) is 1.38. The third-order valence-corrected chi connectivity index (χ3v) is 2.35. The van der Waals surface area contributed by atoms with Gasteiger partial charge in [-0.3, -0.25) is 9.36 Å². The molecule has 0 bridgehead atoms. The molecule has 0 aromatic carbocycles. The van der Waals surface area contributed by atoms with Gasteiger partial charge >= 0.3 is 5.97 Å². The van der Waals surface area contributed by atoms with Crippen LogP contribution in [0, 0.1) is 0 Å². The highest BCUT2D eigenvalue weighted by Crippen LogP contribution is 2.22. The van der Waals surface area contributed by atoms with E-state index in [9.17, 15) is 9.36 Å². The Morgan fingerprint density at radius 3 is 2.54 bits per heavy atom. The molecule has 2 atom stereocenters. The molecule has 0 aromatic rings. The Morgan fingerprint density at radius 2 is 2.15 bits per heavy atom. The molecule has 8 heteroatoms. The van der Waals surface area contributed by atoms with E-state index in [1.165, 1.54) is 0 Å². The molecule has 80 valence electrons. The molecular weight excluding hydrogens is 199 g/mol. The number of carbonyl (C=O) groups is 1. The highest BCUT2D eigenvalue weighted by Gasteiger charge is 2.12.